The molecule has 0 saturated carbocycles. The maximum absolute atomic E-state index is 13.2. The summed E-state index contributed by atoms with van der Waals surface area (Å²) in [4.78, 5) is 15.5. The van der Waals surface area contributed by atoms with E-state index in [1.54, 1.807) is 49.6 Å². The van der Waals surface area contributed by atoms with Crippen LogP contribution in [0.5, 0.6) is 0 Å². The monoisotopic (exact) mass is 538 g/mol. The molecule has 1 amide bonds. The largest absolute Gasteiger partial charge is 0.338 e. The maximum atomic E-state index is 13.2. The van der Waals surface area contributed by atoms with Crippen LogP contribution in [0.25, 0.3) is 22.0 Å². The summed E-state index contributed by atoms with van der Waals surface area (Å²) in [5, 5.41) is 16.6. The molecule has 196 valence electrons. The first kappa shape index (κ1) is 26.0. The highest BCUT2D eigenvalue weighted by atomic mass is 32.2. The van der Waals surface area contributed by atoms with E-state index < -0.39 is 10.0 Å². The Kier molecular flexibility index (Phi) is 7.31. The lowest BCUT2D eigenvalue weighted by atomic mass is 10.0. The summed E-state index contributed by atoms with van der Waals surface area (Å²) in [5.41, 5.74) is 4.06. The average Bonchev–Trinajstić information content (AvgIpc) is 2.94. The minimum atomic E-state index is -3.80. The Bertz CT molecular complexity index is 1760. The predicted molar refractivity (Wildman–Crippen MR) is 152 cm³/mol. The normalized spacial score (nSPS) is 11.3. The summed E-state index contributed by atoms with van der Waals surface area (Å²) in [6.45, 7) is 3.35. The van der Waals surface area contributed by atoms with Gasteiger partial charge in [-0.2, -0.15) is 0 Å². The molecule has 0 spiro atoms. The molecule has 2 aromatic heterocycles. The highest BCUT2D eigenvalue weighted by Gasteiger charge is 2.19. The number of aromatic nitrogens is 3. The molecule has 0 fully saturated rings. The van der Waals surface area contributed by atoms with Gasteiger partial charge in [0.25, 0.3) is 0 Å². The minimum absolute atomic E-state index is 0.134. The van der Waals surface area contributed by atoms with Gasteiger partial charge in [0, 0.05) is 53.6 Å². The van der Waals surface area contributed by atoms with Gasteiger partial charge in [0.05, 0.1) is 4.90 Å². The van der Waals surface area contributed by atoms with E-state index in [-0.39, 0.29) is 17.3 Å². The van der Waals surface area contributed by atoms with Crippen LogP contribution >= 0.6 is 0 Å². The summed E-state index contributed by atoms with van der Waals surface area (Å²) in [6.07, 6.45) is 3.27. The molecule has 0 aliphatic carbocycles. The Labute approximate surface area is 226 Å². The van der Waals surface area contributed by atoms with Gasteiger partial charge in [-0.15, -0.1) is 10.2 Å². The number of benzene rings is 3. The first-order chi connectivity index (χ1) is 18.8. The topological polar surface area (TPSA) is 126 Å². The fraction of sp³-hybridized carbons (Fsp3) is 0.103. The Balaban J connectivity index is 1.46. The predicted octanol–water partition coefficient (Wildman–Crippen LogP) is 5.18. The number of rotatable bonds is 8. The smallest absolute Gasteiger partial charge is 0.241 e. The van der Waals surface area contributed by atoms with Gasteiger partial charge in [0.1, 0.15) is 5.69 Å². The Morgan fingerprint density at radius 1 is 0.872 bits per heavy atom. The minimum Gasteiger partial charge on any atom is -0.338 e. The second kappa shape index (κ2) is 11.0. The van der Waals surface area contributed by atoms with Crippen LogP contribution in [0.4, 0.5) is 17.2 Å². The number of hydrogen-bond acceptors (Lipinski definition) is 7. The number of sulfonamides is 1. The SMILES string of the molecule is CC(=O)Nc1ccc(Nc2nnc(-c3ccc(C)c(S(=O)(=O)NCc4cccnc4)c3)c3ccccc23)cc1. The number of anilines is 3. The first-order valence-corrected chi connectivity index (χ1v) is 13.7. The van der Waals surface area contributed by atoms with Gasteiger partial charge in [0.15, 0.2) is 5.82 Å². The molecule has 0 aliphatic heterocycles. The fourth-order valence-electron chi connectivity index (χ4n) is 4.18. The van der Waals surface area contributed by atoms with Crippen LogP contribution in [-0.4, -0.2) is 29.5 Å². The third-order valence-electron chi connectivity index (χ3n) is 6.10. The van der Waals surface area contributed by atoms with Crippen LogP contribution in [0.3, 0.4) is 0 Å². The number of aryl methyl sites for hydroxylation is 1. The maximum Gasteiger partial charge on any atom is 0.241 e. The van der Waals surface area contributed by atoms with Gasteiger partial charge in [0.2, 0.25) is 15.9 Å². The molecule has 2 heterocycles. The number of nitrogens with one attached hydrogen (secondary N) is 3. The van der Waals surface area contributed by atoms with Crippen molar-refractivity contribution in [3.63, 3.8) is 0 Å². The second-order valence-electron chi connectivity index (χ2n) is 8.99. The number of pyridine rings is 1. The third kappa shape index (κ3) is 5.92. The number of hydrogen-bond donors (Lipinski definition) is 3. The Hall–Kier alpha value is -4.67. The van der Waals surface area contributed by atoms with E-state index in [1.807, 2.05) is 48.5 Å². The zero-order chi connectivity index (χ0) is 27.4. The molecule has 10 heteroatoms. The van der Waals surface area contributed by atoms with Crippen LogP contribution in [0.15, 0.2) is 96.2 Å². The van der Waals surface area contributed by atoms with E-state index in [0.29, 0.717) is 28.3 Å². The van der Waals surface area contributed by atoms with Crippen molar-refractivity contribution in [2.24, 2.45) is 0 Å². The molecule has 3 N–H and O–H groups in total. The molecule has 3 aromatic carbocycles. The van der Waals surface area contributed by atoms with E-state index in [1.165, 1.54) is 6.92 Å². The second-order valence-corrected chi connectivity index (χ2v) is 10.7. The van der Waals surface area contributed by atoms with Crippen molar-refractivity contribution in [1.82, 2.24) is 19.9 Å². The van der Waals surface area contributed by atoms with Crippen molar-refractivity contribution in [1.29, 1.82) is 0 Å². The zero-order valence-electron chi connectivity index (χ0n) is 21.3. The van der Waals surface area contributed by atoms with Crippen LogP contribution in [-0.2, 0) is 21.4 Å². The third-order valence-corrected chi connectivity index (χ3v) is 7.64. The van der Waals surface area contributed by atoms with Crippen molar-refractivity contribution in [3.05, 3.63) is 102 Å². The number of nitrogens with zero attached hydrogens (tertiary/aromatic N) is 3. The van der Waals surface area contributed by atoms with Gasteiger partial charge in [-0.25, -0.2) is 13.1 Å². The number of carbonyl (C=O) groups is 1. The van der Waals surface area contributed by atoms with E-state index >= 15 is 0 Å². The zero-order valence-corrected chi connectivity index (χ0v) is 22.2. The van der Waals surface area contributed by atoms with Crippen molar-refractivity contribution in [3.8, 4) is 11.3 Å². The quantitative estimate of drug-likeness (QED) is 0.248. The first-order valence-electron chi connectivity index (χ1n) is 12.2. The van der Waals surface area contributed by atoms with Gasteiger partial charge in [-0.3, -0.25) is 9.78 Å². The summed E-state index contributed by atoms with van der Waals surface area (Å²) < 4.78 is 29.1. The van der Waals surface area contributed by atoms with Crippen molar-refractivity contribution in [2.75, 3.05) is 10.6 Å². The standard InChI is InChI=1S/C29H26N6O3S/c1-19-9-10-22(16-27(19)39(37,38)31-18-21-6-5-15-30-17-21)28-25-7-3-4-8-26(25)29(35-34-28)33-24-13-11-23(12-14-24)32-20(2)36/h3-17,31H,18H2,1-2H3,(H,32,36)(H,33,35). The molecule has 5 rings (SSSR count). The van der Waals surface area contributed by atoms with Crippen LogP contribution in [0.1, 0.15) is 18.1 Å². The molecule has 0 atom stereocenters. The molecular formula is C29H26N6O3S. The van der Waals surface area contributed by atoms with Crippen LogP contribution < -0.4 is 15.4 Å². The highest BCUT2D eigenvalue weighted by molar-refractivity contribution is 7.89. The molecular weight excluding hydrogens is 512 g/mol. The Morgan fingerprint density at radius 3 is 2.33 bits per heavy atom. The summed E-state index contributed by atoms with van der Waals surface area (Å²) >= 11 is 0. The lowest BCUT2D eigenvalue weighted by Gasteiger charge is -2.14. The van der Waals surface area contributed by atoms with E-state index in [4.69, 9.17) is 0 Å². The molecule has 0 saturated heterocycles. The van der Waals surface area contributed by atoms with Crippen molar-refractivity contribution >= 4 is 43.9 Å². The molecule has 0 aliphatic rings. The Morgan fingerprint density at radius 2 is 1.62 bits per heavy atom. The van der Waals surface area contributed by atoms with E-state index in [9.17, 15) is 13.2 Å². The van der Waals surface area contributed by atoms with Crippen molar-refractivity contribution < 1.29 is 13.2 Å². The van der Waals surface area contributed by atoms with Gasteiger partial charge >= 0.3 is 0 Å². The number of fused-ring (bicyclic) bond motifs is 1. The average molecular weight is 539 g/mol. The summed E-state index contributed by atoms with van der Waals surface area (Å²) in [6, 6.07) is 23.8. The summed E-state index contributed by atoms with van der Waals surface area (Å²) in [5.74, 6) is 0.416. The molecule has 5 aromatic rings. The van der Waals surface area contributed by atoms with Gasteiger partial charge in [-0.05, 0) is 54.4 Å². The molecule has 0 bridgehead atoms. The number of carbonyl (C=O) groups excluding carboxylic acids is 1. The lowest BCUT2D eigenvalue weighted by Crippen LogP contribution is -2.24. The molecule has 0 unspecified atom stereocenters. The van der Waals surface area contributed by atoms with Crippen LogP contribution in [0.2, 0.25) is 0 Å². The van der Waals surface area contributed by atoms with Gasteiger partial charge in [-0.1, -0.05) is 42.5 Å². The number of amides is 1. The van der Waals surface area contributed by atoms with Crippen molar-refractivity contribution in [2.45, 2.75) is 25.3 Å². The van der Waals surface area contributed by atoms with Crippen LogP contribution in [0, 0.1) is 6.92 Å². The molecule has 39 heavy (non-hydrogen) atoms. The summed E-state index contributed by atoms with van der Waals surface area (Å²) in [7, 11) is -3.80. The van der Waals surface area contributed by atoms with E-state index in [2.05, 4.69) is 30.5 Å². The fourth-order valence-corrected chi connectivity index (χ4v) is 5.47. The highest BCUT2D eigenvalue weighted by Crippen LogP contribution is 2.33. The lowest BCUT2D eigenvalue weighted by molar-refractivity contribution is -0.114. The van der Waals surface area contributed by atoms with Gasteiger partial charge < -0.3 is 10.6 Å². The van der Waals surface area contributed by atoms with E-state index in [0.717, 1.165) is 22.0 Å². The molecule has 9 nitrogen and oxygen atoms in total. The molecule has 0 radical (unpaired) electrons.